The first-order valence-corrected chi connectivity index (χ1v) is 12.5. The summed E-state index contributed by atoms with van der Waals surface area (Å²) in [6.07, 6.45) is 6.10. The van der Waals surface area contributed by atoms with Crippen molar-refractivity contribution in [3.63, 3.8) is 0 Å². The SMILES string of the molecule is O=C(CSc1nnc2sc3ccccc3n12)NCC1(N2CCOCC2)CCCCC1. The summed E-state index contributed by atoms with van der Waals surface area (Å²) in [5, 5.41) is 12.6. The van der Waals surface area contributed by atoms with Crippen LogP contribution in [0.25, 0.3) is 15.2 Å². The second-order valence-corrected chi connectivity index (χ2v) is 10.1. The Morgan fingerprint density at radius 3 is 2.80 bits per heavy atom. The highest BCUT2D eigenvalue weighted by Crippen LogP contribution is 2.34. The van der Waals surface area contributed by atoms with Gasteiger partial charge in [-0.2, -0.15) is 0 Å². The lowest BCUT2D eigenvalue weighted by molar-refractivity contribution is -0.119. The largest absolute Gasteiger partial charge is 0.379 e. The van der Waals surface area contributed by atoms with E-state index in [1.807, 2.05) is 16.5 Å². The van der Waals surface area contributed by atoms with Crippen LogP contribution >= 0.6 is 23.1 Å². The van der Waals surface area contributed by atoms with Crippen LogP contribution in [0.2, 0.25) is 0 Å². The van der Waals surface area contributed by atoms with Gasteiger partial charge >= 0.3 is 0 Å². The average Bonchev–Trinajstić information content (AvgIpc) is 3.37. The van der Waals surface area contributed by atoms with Gasteiger partial charge in [-0.3, -0.25) is 14.1 Å². The van der Waals surface area contributed by atoms with E-state index in [9.17, 15) is 4.79 Å². The van der Waals surface area contributed by atoms with Crippen LogP contribution in [0.3, 0.4) is 0 Å². The molecule has 2 aliphatic rings. The van der Waals surface area contributed by atoms with Crippen LogP contribution < -0.4 is 5.32 Å². The number of amides is 1. The fourth-order valence-electron chi connectivity index (χ4n) is 4.75. The maximum Gasteiger partial charge on any atom is 0.230 e. The molecule has 9 heteroatoms. The zero-order chi connectivity index (χ0) is 20.4. The van der Waals surface area contributed by atoms with Gasteiger partial charge in [-0.05, 0) is 25.0 Å². The maximum absolute atomic E-state index is 12.7. The number of carbonyl (C=O) groups is 1. The number of thiazole rings is 1. The molecule has 1 N–H and O–H groups in total. The third kappa shape index (κ3) is 3.95. The monoisotopic (exact) mass is 445 g/mol. The Hall–Kier alpha value is -1.68. The Balaban J connectivity index is 1.23. The van der Waals surface area contributed by atoms with Crippen molar-refractivity contribution in [3.05, 3.63) is 24.3 Å². The van der Waals surface area contributed by atoms with Gasteiger partial charge in [0.15, 0.2) is 5.16 Å². The molecule has 0 radical (unpaired) electrons. The molecule has 1 aromatic carbocycles. The fraction of sp³-hybridized carbons (Fsp3) is 0.571. The van der Waals surface area contributed by atoms with Crippen LogP contribution in [0.4, 0.5) is 0 Å². The van der Waals surface area contributed by atoms with Crippen molar-refractivity contribution in [2.24, 2.45) is 0 Å². The number of ether oxygens (including phenoxy) is 1. The number of morpholine rings is 1. The molecule has 2 fully saturated rings. The Bertz CT molecular complexity index is 1020. The number of hydrogen-bond donors (Lipinski definition) is 1. The van der Waals surface area contributed by atoms with Gasteiger partial charge in [0, 0.05) is 25.2 Å². The minimum atomic E-state index is 0.0643. The number of nitrogens with zero attached hydrogens (tertiary/aromatic N) is 4. The summed E-state index contributed by atoms with van der Waals surface area (Å²) in [5.41, 5.74) is 1.19. The number of thioether (sulfide) groups is 1. The normalized spacial score (nSPS) is 20.0. The summed E-state index contributed by atoms with van der Waals surface area (Å²) in [7, 11) is 0. The molecule has 2 aromatic heterocycles. The van der Waals surface area contributed by atoms with E-state index in [0.29, 0.717) is 5.75 Å². The molecule has 0 unspecified atom stereocenters. The standard InChI is InChI=1S/C21H27N5O2S2/c27-18(22-15-21(8-4-1-5-9-21)25-10-12-28-13-11-25)14-29-19-23-24-20-26(19)16-6-2-3-7-17(16)30-20/h2-3,6-7H,1,4-5,8-15H2,(H,22,27). The van der Waals surface area contributed by atoms with Gasteiger partial charge in [0.05, 0.1) is 29.2 Å². The third-order valence-corrected chi connectivity index (χ3v) is 8.27. The Morgan fingerprint density at radius 1 is 1.17 bits per heavy atom. The molecule has 1 saturated heterocycles. The zero-order valence-electron chi connectivity index (χ0n) is 17.0. The third-order valence-electron chi connectivity index (χ3n) is 6.32. The molecule has 0 bridgehead atoms. The highest BCUT2D eigenvalue weighted by Gasteiger charge is 2.38. The Kier molecular flexibility index (Phi) is 5.95. The predicted molar refractivity (Wildman–Crippen MR) is 120 cm³/mol. The van der Waals surface area contributed by atoms with Crippen LogP contribution in [-0.4, -0.2) is 69.5 Å². The van der Waals surface area contributed by atoms with Crippen LogP contribution in [0.1, 0.15) is 32.1 Å². The molecule has 5 rings (SSSR count). The van der Waals surface area contributed by atoms with Crippen molar-refractivity contribution < 1.29 is 9.53 Å². The summed E-state index contributed by atoms with van der Waals surface area (Å²) in [6.45, 7) is 4.25. The predicted octanol–water partition coefficient (Wildman–Crippen LogP) is 3.19. The quantitative estimate of drug-likeness (QED) is 0.588. The number of hydrogen-bond acceptors (Lipinski definition) is 7. The molecule has 1 aliphatic carbocycles. The lowest BCUT2D eigenvalue weighted by Gasteiger charge is -2.48. The Morgan fingerprint density at radius 2 is 1.97 bits per heavy atom. The molecule has 0 atom stereocenters. The molecule has 160 valence electrons. The number of fused-ring (bicyclic) bond motifs is 3. The van der Waals surface area contributed by atoms with Gasteiger partial charge in [-0.15, -0.1) is 10.2 Å². The molecular formula is C21H27N5O2S2. The molecule has 3 aromatic rings. The van der Waals surface area contributed by atoms with E-state index >= 15 is 0 Å². The zero-order valence-corrected chi connectivity index (χ0v) is 18.6. The number of rotatable bonds is 6. The minimum Gasteiger partial charge on any atom is -0.379 e. The smallest absolute Gasteiger partial charge is 0.230 e. The lowest BCUT2D eigenvalue weighted by atomic mass is 9.79. The number of carbonyl (C=O) groups excluding carboxylic acids is 1. The van der Waals surface area contributed by atoms with E-state index in [1.165, 1.54) is 35.7 Å². The summed E-state index contributed by atoms with van der Waals surface area (Å²) in [5.74, 6) is 0.416. The molecule has 3 heterocycles. The van der Waals surface area contributed by atoms with E-state index in [1.54, 1.807) is 11.3 Å². The van der Waals surface area contributed by atoms with Gasteiger partial charge in [0.25, 0.3) is 0 Å². The van der Waals surface area contributed by atoms with E-state index < -0.39 is 0 Å². The van der Waals surface area contributed by atoms with Crippen molar-refractivity contribution in [1.82, 2.24) is 24.8 Å². The van der Waals surface area contributed by atoms with E-state index in [2.05, 4.69) is 32.5 Å². The van der Waals surface area contributed by atoms with Crippen molar-refractivity contribution in [1.29, 1.82) is 0 Å². The van der Waals surface area contributed by atoms with Crippen molar-refractivity contribution in [2.75, 3.05) is 38.6 Å². The summed E-state index contributed by atoms with van der Waals surface area (Å²) >= 11 is 3.08. The lowest BCUT2D eigenvalue weighted by Crippen LogP contribution is -2.59. The first-order chi connectivity index (χ1) is 14.8. The summed E-state index contributed by atoms with van der Waals surface area (Å²) < 4.78 is 8.78. The topological polar surface area (TPSA) is 71.8 Å². The molecule has 1 amide bonds. The van der Waals surface area contributed by atoms with Gasteiger partial charge < -0.3 is 10.1 Å². The van der Waals surface area contributed by atoms with Crippen LogP contribution in [0, 0.1) is 0 Å². The number of aromatic nitrogens is 3. The van der Waals surface area contributed by atoms with Crippen LogP contribution in [-0.2, 0) is 9.53 Å². The molecule has 1 aliphatic heterocycles. The molecule has 0 spiro atoms. The molecular weight excluding hydrogens is 418 g/mol. The maximum atomic E-state index is 12.7. The number of benzene rings is 1. The highest BCUT2D eigenvalue weighted by atomic mass is 32.2. The average molecular weight is 446 g/mol. The van der Waals surface area contributed by atoms with E-state index in [0.717, 1.165) is 61.3 Å². The van der Waals surface area contributed by atoms with Crippen LogP contribution in [0.15, 0.2) is 29.4 Å². The van der Waals surface area contributed by atoms with Gasteiger partial charge in [-0.1, -0.05) is 54.5 Å². The Labute approximate surface area is 184 Å². The van der Waals surface area contributed by atoms with Crippen molar-refractivity contribution >= 4 is 44.2 Å². The van der Waals surface area contributed by atoms with Crippen molar-refractivity contribution in [3.8, 4) is 0 Å². The summed E-state index contributed by atoms with van der Waals surface area (Å²) in [6, 6.07) is 8.21. The summed E-state index contributed by atoms with van der Waals surface area (Å²) in [4.78, 5) is 16.1. The number of para-hydroxylation sites is 1. The van der Waals surface area contributed by atoms with Gasteiger partial charge in [-0.25, -0.2) is 0 Å². The van der Waals surface area contributed by atoms with Gasteiger partial charge in [0.1, 0.15) is 0 Å². The second kappa shape index (κ2) is 8.82. The molecule has 7 nitrogen and oxygen atoms in total. The first kappa shape index (κ1) is 20.2. The highest BCUT2D eigenvalue weighted by molar-refractivity contribution is 7.99. The van der Waals surface area contributed by atoms with E-state index in [-0.39, 0.29) is 11.4 Å². The molecule has 1 saturated carbocycles. The minimum absolute atomic E-state index is 0.0643. The second-order valence-electron chi connectivity index (χ2n) is 8.12. The van der Waals surface area contributed by atoms with Crippen molar-refractivity contribution in [2.45, 2.75) is 42.8 Å². The number of nitrogens with one attached hydrogen (secondary N) is 1. The van der Waals surface area contributed by atoms with Crippen LogP contribution in [0.5, 0.6) is 0 Å². The first-order valence-electron chi connectivity index (χ1n) is 10.7. The fourth-order valence-corrected chi connectivity index (χ4v) is 6.54. The van der Waals surface area contributed by atoms with Gasteiger partial charge in [0.2, 0.25) is 10.9 Å². The molecule has 30 heavy (non-hydrogen) atoms. The van der Waals surface area contributed by atoms with E-state index in [4.69, 9.17) is 4.74 Å².